The molecule has 4 nitrogen and oxygen atoms in total. The Balaban J connectivity index is 2.87. The number of H-pyrrole nitrogens is 1. The van der Waals surface area contributed by atoms with Crippen molar-refractivity contribution < 1.29 is 4.39 Å². The summed E-state index contributed by atoms with van der Waals surface area (Å²) >= 11 is 0. The molecule has 0 bridgehead atoms. The molecule has 0 radical (unpaired) electrons. The maximum absolute atomic E-state index is 12.5. The maximum atomic E-state index is 12.5. The molecule has 0 atom stereocenters. The van der Waals surface area contributed by atoms with Gasteiger partial charge in [-0.15, -0.1) is 0 Å². The van der Waals surface area contributed by atoms with Crippen LogP contribution in [0.1, 0.15) is 0 Å². The first-order valence-corrected chi connectivity index (χ1v) is 3.26. The van der Waals surface area contributed by atoms with Gasteiger partial charge < -0.3 is 4.98 Å². The van der Waals surface area contributed by atoms with E-state index < -0.39 is 5.82 Å². The van der Waals surface area contributed by atoms with Crippen LogP contribution in [0.25, 0.3) is 11.2 Å². The molecule has 0 saturated heterocycles. The van der Waals surface area contributed by atoms with Crippen LogP contribution in [0.3, 0.4) is 0 Å². The highest BCUT2D eigenvalue weighted by Gasteiger charge is 1.97. The van der Waals surface area contributed by atoms with E-state index in [0.29, 0.717) is 11.2 Å². The van der Waals surface area contributed by atoms with Gasteiger partial charge >= 0.3 is 0 Å². The molecule has 0 aliphatic rings. The van der Waals surface area contributed by atoms with E-state index >= 15 is 0 Å². The molecule has 0 saturated carbocycles. The third-order valence-corrected chi connectivity index (χ3v) is 1.40. The van der Waals surface area contributed by atoms with Gasteiger partial charge in [0, 0.05) is 6.07 Å². The second kappa shape index (κ2) is 2.37. The first-order chi connectivity index (χ1) is 5.75. The molecule has 5 heteroatoms. The third kappa shape index (κ3) is 1.05. The number of hydrogen-bond donors (Lipinski definition) is 1. The summed E-state index contributed by atoms with van der Waals surface area (Å²) in [6, 6.07) is 1.21. The Labute approximate surface area is 66.1 Å². The molecule has 0 aliphatic carbocycles. The fraction of sp³-hybridized carbons (Fsp3) is 0. The van der Waals surface area contributed by atoms with Crippen molar-refractivity contribution in [1.29, 1.82) is 0 Å². The molecule has 12 heavy (non-hydrogen) atoms. The summed E-state index contributed by atoms with van der Waals surface area (Å²) in [5.41, 5.74) is 0.292. The molecule has 0 unspecified atom stereocenters. The summed E-state index contributed by atoms with van der Waals surface area (Å²) in [7, 11) is 0. The van der Waals surface area contributed by atoms with Crippen molar-refractivity contribution in [3.8, 4) is 0 Å². The number of halogens is 1. The van der Waals surface area contributed by atoms with Crippen LogP contribution in [0.4, 0.5) is 4.39 Å². The number of fused-ring (bicyclic) bond motifs is 1. The van der Waals surface area contributed by atoms with Crippen molar-refractivity contribution in [2.45, 2.75) is 0 Å². The van der Waals surface area contributed by atoms with Gasteiger partial charge in [-0.3, -0.25) is 4.79 Å². The second-order valence-corrected chi connectivity index (χ2v) is 2.27. The molecule has 1 N–H and O–H groups in total. The summed E-state index contributed by atoms with van der Waals surface area (Å²) in [6.07, 6.45) is 2.11. The van der Waals surface area contributed by atoms with Crippen molar-refractivity contribution in [2.75, 3.05) is 0 Å². The van der Waals surface area contributed by atoms with Gasteiger partial charge in [-0.1, -0.05) is 0 Å². The third-order valence-electron chi connectivity index (χ3n) is 1.40. The van der Waals surface area contributed by atoms with Crippen LogP contribution in [-0.4, -0.2) is 15.0 Å². The normalized spacial score (nSPS) is 10.4. The minimum atomic E-state index is -0.470. The summed E-state index contributed by atoms with van der Waals surface area (Å²) in [6.45, 7) is 0. The highest BCUT2D eigenvalue weighted by Crippen LogP contribution is 2.03. The second-order valence-electron chi connectivity index (χ2n) is 2.27. The average molecular weight is 165 g/mol. The Morgan fingerprint density at radius 1 is 1.33 bits per heavy atom. The van der Waals surface area contributed by atoms with E-state index in [1.807, 2.05) is 0 Å². The number of rotatable bonds is 0. The zero-order chi connectivity index (χ0) is 8.55. The van der Waals surface area contributed by atoms with Crippen LogP contribution < -0.4 is 5.56 Å². The number of nitrogens with zero attached hydrogens (tertiary/aromatic N) is 2. The summed E-state index contributed by atoms with van der Waals surface area (Å²) in [4.78, 5) is 20.5. The first kappa shape index (κ1) is 6.90. The van der Waals surface area contributed by atoms with Crippen molar-refractivity contribution in [2.24, 2.45) is 0 Å². The highest BCUT2D eigenvalue weighted by atomic mass is 19.1. The number of aromatic amines is 1. The molecule has 0 amide bonds. The van der Waals surface area contributed by atoms with E-state index in [9.17, 15) is 9.18 Å². The lowest BCUT2D eigenvalue weighted by Crippen LogP contribution is -2.05. The average Bonchev–Trinajstić information content (AvgIpc) is 2.05. The van der Waals surface area contributed by atoms with E-state index in [1.54, 1.807) is 0 Å². The van der Waals surface area contributed by atoms with Crippen LogP contribution in [0, 0.1) is 5.82 Å². The predicted octanol–water partition coefficient (Wildman–Crippen LogP) is 0.457. The van der Waals surface area contributed by atoms with Gasteiger partial charge in [0.2, 0.25) is 0 Å². The Morgan fingerprint density at radius 3 is 3.00 bits per heavy atom. The van der Waals surface area contributed by atoms with Gasteiger partial charge in [-0.05, 0) is 0 Å². The number of pyridine rings is 1. The van der Waals surface area contributed by atoms with Gasteiger partial charge in [-0.2, -0.15) is 0 Å². The molecule has 0 aromatic carbocycles. The fourth-order valence-corrected chi connectivity index (χ4v) is 0.900. The van der Waals surface area contributed by atoms with Gasteiger partial charge in [0.1, 0.15) is 11.3 Å². The molecule has 0 aliphatic heterocycles. The molecular weight excluding hydrogens is 161 g/mol. The number of hydrogen-bond acceptors (Lipinski definition) is 3. The standard InChI is InChI=1S/C7H4FN3O/c8-4-1-5-7(10-2-4)11-6(12)3-9-5/h1-3H,(H,10,11,12). The van der Waals surface area contributed by atoms with Gasteiger partial charge in [0.15, 0.2) is 5.65 Å². The van der Waals surface area contributed by atoms with Crippen molar-refractivity contribution in [3.63, 3.8) is 0 Å². The fourth-order valence-electron chi connectivity index (χ4n) is 0.900. The van der Waals surface area contributed by atoms with Gasteiger partial charge in [-0.25, -0.2) is 14.4 Å². The SMILES string of the molecule is O=c1cnc2cc(F)cnc2[nH]1. The van der Waals surface area contributed by atoms with E-state index in [4.69, 9.17) is 0 Å². The molecule has 2 aromatic heterocycles. The summed E-state index contributed by atoms with van der Waals surface area (Å²) in [5.74, 6) is -0.470. The monoisotopic (exact) mass is 165 g/mol. The molecule has 0 fully saturated rings. The lowest BCUT2D eigenvalue weighted by Gasteiger charge is -1.93. The quantitative estimate of drug-likeness (QED) is 0.616. The van der Waals surface area contributed by atoms with Crippen LogP contribution in [0.2, 0.25) is 0 Å². The molecule has 2 aromatic rings. The molecule has 2 rings (SSSR count). The minimum Gasteiger partial charge on any atom is -0.304 e. The zero-order valence-electron chi connectivity index (χ0n) is 5.91. The molecule has 60 valence electrons. The molecule has 0 spiro atoms. The van der Waals surface area contributed by atoms with Crippen molar-refractivity contribution >= 4 is 11.2 Å². The topological polar surface area (TPSA) is 58.6 Å². The van der Waals surface area contributed by atoms with Crippen LogP contribution in [0.5, 0.6) is 0 Å². The number of nitrogens with one attached hydrogen (secondary N) is 1. The minimum absolute atomic E-state index is 0.295. The molecular formula is C7H4FN3O. The van der Waals surface area contributed by atoms with Crippen molar-refractivity contribution in [1.82, 2.24) is 15.0 Å². The lowest BCUT2D eigenvalue weighted by molar-refractivity contribution is 0.623. The summed E-state index contributed by atoms with van der Waals surface area (Å²) < 4.78 is 12.5. The highest BCUT2D eigenvalue weighted by molar-refractivity contribution is 5.68. The Morgan fingerprint density at radius 2 is 2.17 bits per heavy atom. The lowest BCUT2D eigenvalue weighted by atomic mass is 10.4. The Hall–Kier alpha value is -1.78. The number of aromatic nitrogens is 3. The summed E-state index contributed by atoms with van der Waals surface area (Å²) in [5, 5.41) is 0. The van der Waals surface area contributed by atoms with Gasteiger partial charge in [0.25, 0.3) is 5.56 Å². The first-order valence-electron chi connectivity index (χ1n) is 3.26. The smallest absolute Gasteiger partial charge is 0.268 e. The van der Waals surface area contributed by atoms with E-state index in [-0.39, 0.29) is 5.56 Å². The van der Waals surface area contributed by atoms with Gasteiger partial charge in [0.05, 0.1) is 12.4 Å². The van der Waals surface area contributed by atoms with Crippen LogP contribution >= 0.6 is 0 Å². The Kier molecular flexibility index (Phi) is 1.36. The zero-order valence-corrected chi connectivity index (χ0v) is 5.91. The molecule has 2 heterocycles. The maximum Gasteiger partial charge on any atom is 0.268 e. The predicted molar refractivity (Wildman–Crippen MR) is 40.1 cm³/mol. The van der Waals surface area contributed by atoms with E-state index in [1.165, 1.54) is 6.07 Å². The van der Waals surface area contributed by atoms with Crippen LogP contribution in [-0.2, 0) is 0 Å². The Bertz CT molecular complexity index is 479. The largest absolute Gasteiger partial charge is 0.304 e. The van der Waals surface area contributed by atoms with Crippen molar-refractivity contribution in [3.05, 3.63) is 34.6 Å². The van der Waals surface area contributed by atoms with E-state index in [0.717, 1.165) is 12.4 Å². The van der Waals surface area contributed by atoms with Crippen LogP contribution in [0.15, 0.2) is 23.3 Å². The van der Waals surface area contributed by atoms with E-state index in [2.05, 4.69) is 15.0 Å².